The van der Waals surface area contributed by atoms with Gasteiger partial charge in [0, 0.05) is 30.4 Å². The SMILES string of the molecule is CC[C@@H]1CCCCN1C(=O)CCN1C(=O)C(=Cc2cccs2)SC1=S. The average Bonchev–Trinajstić information content (AvgIpc) is 3.22. The summed E-state index contributed by atoms with van der Waals surface area (Å²) in [6, 6.07) is 4.28. The van der Waals surface area contributed by atoms with Gasteiger partial charge in [-0.2, -0.15) is 0 Å². The number of thiophene rings is 1. The van der Waals surface area contributed by atoms with Crippen LogP contribution in [0, 0.1) is 0 Å². The number of carbonyl (C=O) groups excluding carboxylic acids is 2. The Bertz CT molecular complexity index is 685. The molecule has 1 aromatic heterocycles. The molecule has 0 radical (unpaired) electrons. The van der Waals surface area contributed by atoms with Gasteiger partial charge in [-0.15, -0.1) is 11.3 Å². The summed E-state index contributed by atoms with van der Waals surface area (Å²) in [6.07, 6.45) is 6.58. The number of thiocarbonyl (C=S) groups is 1. The van der Waals surface area contributed by atoms with Gasteiger partial charge in [-0.25, -0.2) is 0 Å². The molecule has 1 aromatic rings. The molecule has 2 saturated heterocycles. The van der Waals surface area contributed by atoms with Crippen molar-refractivity contribution in [1.82, 2.24) is 9.80 Å². The number of piperidine rings is 1. The van der Waals surface area contributed by atoms with Crippen LogP contribution in [0.2, 0.25) is 0 Å². The fourth-order valence-corrected chi connectivity index (χ4v) is 5.33. The average molecular weight is 395 g/mol. The third kappa shape index (κ3) is 4.33. The maximum Gasteiger partial charge on any atom is 0.266 e. The van der Waals surface area contributed by atoms with Gasteiger partial charge in [0.15, 0.2) is 0 Å². The minimum absolute atomic E-state index is 0.0816. The van der Waals surface area contributed by atoms with Gasteiger partial charge in [0.1, 0.15) is 4.32 Å². The molecule has 25 heavy (non-hydrogen) atoms. The summed E-state index contributed by atoms with van der Waals surface area (Å²) < 4.78 is 0.547. The topological polar surface area (TPSA) is 40.6 Å². The fourth-order valence-electron chi connectivity index (χ4n) is 3.30. The molecule has 2 aliphatic rings. The number of hydrogen-bond acceptors (Lipinski definition) is 5. The highest BCUT2D eigenvalue weighted by atomic mass is 32.2. The summed E-state index contributed by atoms with van der Waals surface area (Å²) in [5, 5.41) is 1.98. The van der Waals surface area contributed by atoms with Crippen molar-refractivity contribution in [2.45, 2.75) is 45.1 Å². The van der Waals surface area contributed by atoms with Crippen molar-refractivity contribution in [2.75, 3.05) is 13.1 Å². The molecule has 2 aliphatic heterocycles. The molecule has 1 atom stereocenters. The first-order valence-corrected chi connectivity index (χ1v) is 10.8. The molecule has 0 bridgehead atoms. The van der Waals surface area contributed by atoms with E-state index in [2.05, 4.69) is 6.92 Å². The van der Waals surface area contributed by atoms with E-state index in [4.69, 9.17) is 12.2 Å². The van der Waals surface area contributed by atoms with Crippen LogP contribution in [-0.4, -0.2) is 45.1 Å². The summed E-state index contributed by atoms with van der Waals surface area (Å²) in [5.74, 6) is 0.0599. The molecule has 134 valence electrons. The Balaban J connectivity index is 1.60. The van der Waals surface area contributed by atoms with Crippen molar-refractivity contribution in [2.24, 2.45) is 0 Å². The Morgan fingerprint density at radius 3 is 3.00 bits per heavy atom. The molecular weight excluding hydrogens is 372 g/mol. The lowest BCUT2D eigenvalue weighted by atomic mass is 9.99. The van der Waals surface area contributed by atoms with Crippen molar-refractivity contribution < 1.29 is 9.59 Å². The summed E-state index contributed by atoms with van der Waals surface area (Å²) in [4.78, 5) is 30.4. The normalized spacial score (nSPS) is 22.9. The van der Waals surface area contributed by atoms with Crippen molar-refractivity contribution in [1.29, 1.82) is 0 Å². The predicted octanol–water partition coefficient (Wildman–Crippen LogP) is 4.13. The van der Waals surface area contributed by atoms with Gasteiger partial charge in [0.05, 0.1) is 4.91 Å². The van der Waals surface area contributed by atoms with Crippen molar-refractivity contribution in [3.05, 3.63) is 27.3 Å². The lowest BCUT2D eigenvalue weighted by Crippen LogP contribution is -2.44. The Morgan fingerprint density at radius 1 is 1.44 bits per heavy atom. The fraction of sp³-hybridized carbons (Fsp3) is 0.500. The second-order valence-electron chi connectivity index (χ2n) is 6.24. The molecule has 4 nitrogen and oxygen atoms in total. The largest absolute Gasteiger partial charge is 0.340 e. The van der Waals surface area contributed by atoms with Crippen LogP contribution in [0.15, 0.2) is 22.4 Å². The molecule has 0 aromatic carbocycles. The van der Waals surface area contributed by atoms with E-state index < -0.39 is 0 Å². The molecule has 7 heteroatoms. The highest BCUT2D eigenvalue weighted by Crippen LogP contribution is 2.33. The molecule has 2 amide bonds. The molecule has 0 unspecified atom stereocenters. The highest BCUT2D eigenvalue weighted by molar-refractivity contribution is 8.26. The lowest BCUT2D eigenvalue weighted by molar-refractivity contribution is -0.135. The van der Waals surface area contributed by atoms with Crippen LogP contribution in [-0.2, 0) is 9.59 Å². The third-order valence-electron chi connectivity index (χ3n) is 4.66. The number of rotatable bonds is 5. The van der Waals surface area contributed by atoms with Gasteiger partial charge in [-0.3, -0.25) is 14.5 Å². The summed E-state index contributed by atoms with van der Waals surface area (Å²) in [5.41, 5.74) is 0. The molecule has 3 rings (SSSR count). The number of carbonyl (C=O) groups is 2. The van der Waals surface area contributed by atoms with Crippen LogP contribution >= 0.6 is 35.3 Å². The van der Waals surface area contributed by atoms with E-state index in [1.165, 1.54) is 18.2 Å². The molecule has 3 heterocycles. The predicted molar refractivity (Wildman–Crippen MR) is 108 cm³/mol. The first-order chi connectivity index (χ1) is 12.1. The first kappa shape index (κ1) is 18.6. The monoisotopic (exact) mass is 394 g/mol. The van der Waals surface area contributed by atoms with E-state index in [1.807, 2.05) is 28.5 Å². The third-order valence-corrected chi connectivity index (χ3v) is 6.86. The maximum absolute atomic E-state index is 12.6. The minimum atomic E-state index is -0.0816. The molecule has 0 aliphatic carbocycles. The van der Waals surface area contributed by atoms with Gasteiger partial charge in [-0.1, -0.05) is 37.0 Å². The van der Waals surface area contributed by atoms with Gasteiger partial charge < -0.3 is 4.90 Å². The van der Waals surface area contributed by atoms with Crippen molar-refractivity contribution >= 4 is 57.5 Å². The molecule has 2 fully saturated rings. The van der Waals surface area contributed by atoms with E-state index in [-0.39, 0.29) is 11.8 Å². The van der Waals surface area contributed by atoms with Gasteiger partial charge in [0.2, 0.25) is 5.91 Å². The number of likely N-dealkylation sites (tertiary alicyclic amines) is 1. The van der Waals surface area contributed by atoms with Gasteiger partial charge >= 0.3 is 0 Å². The molecule has 0 N–H and O–H groups in total. The van der Waals surface area contributed by atoms with Crippen LogP contribution in [0.3, 0.4) is 0 Å². The van der Waals surface area contributed by atoms with E-state index in [0.717, 1.165) is 30.7 Å². The Labute approximate surface area is 162 Å². The smallest absolute Gasteiger partial charge is 0.266 e. The summed E-state index contributed by atoms with van der Waals surface area (Å²) in [7, 11) is 0. The van der Waals surface area contributed by atoms with Gasteiger partial charge in [-0.05, 0) is 43.2 Å². The van der Waals surface area contributed by atoms with E-state index in [0.29, 0.717) is 28.2 Å². The number of amides is 2. The first-order valence-electron chi connectivity index (χ1n) is 8.68. The minimum Gasteiger partial charge on any atom is -0.340 e. The quantitative estimate of drug-likeness (QED) is 0.556. The summed E-state index contributed by atoms with van der Waals surface area (Å²) in [6.45, 7) is 3.35. The Hall–Kier alpha value is -1.18. The number of nitrogens with zero attached hydrogens (tertiary/aromatic N) is 2. The standard InChI is InChI=1S/C18H22N2O2S3/c1-2-13-6-3-4-9-19(13)16(21)8-10-20-17(22)15(25-18(20)23)12-14-7-5-11-24-14/h5,7,11-13H,2-4,6,8-10H2,1H3/t13-/m1/s1. The molecular formula is C18H22N2O2S3. The number of hydrogen-bond donors (Lipinski definition) is 0. The lowest BCUT2D eigenvalue weighted by Gasteiger charge is -2.35. The van der Waals surface area contributed by atoms with E-state index in [9.17, 15) is 9.59 Å². The van der Waals surface area contributed by atoms with Crippen LogP contribution < -0.4 is 0 Å². The number of thioether (sulfide) groups is 1. The van der Waals surface area contributed by atoms with Crippen molar-refractivity contribution in [3.8, 4) is 0 Å². The second kappa shape index (κ2) is 8.47. The van der Waals surface area contributed by atoms with Crippen molar-refractivity contribution in [3.63, 3.8) is 0 Å². The Morgan fingerprint density at radius 2 is 2.28 bits per heavy atom. The van der Waals surface area contributed by atoms with E-state index >= 15 is 0 Å². The second-order valence-corrected chi connectivity index (χ2v) is 8.90. The maximum atomic E-state index is 12.6. The highest BCUT2D eigenvalue weighted by Gasteiger charge is 2.33. The van der Waals surface area contributed by atoms with Crippen LogP contribution in [0.5, 0.6) is 0 Å². The van der Waals surface area contributed by atoms with Crippen LogP contribution in [0.25, 0.3) is 6.08 Å². The Kier molecular flexibility index (Phi) is 6.30. The van der Waals surface area contributed by atoms with Crippen LogP contribution in [0.1, 0.15) is 43.9 Å². The van der Waals surface area contributed by atoms with Gasteiger partial charge in [0.25, 0.3) is 5.91 Å². The summed E-state index contributed by atoms with van der Waals surface area (Å²) >= 11 is 8.26. The zero-order chi connectivity index (χ0) is 17.8. The molecule has 0 saturated carbocycles. The van der Waals surface area contributed by atoms with E-state index in [1.54, 1.807) is 16.2 Å². The molecule has 0 spiro atoms. The van der Waals surface area contributed by atoms with Crippen LogP contribution in [0.4, 0.5) is 0 Å². The zero-order valence-electron chi connectivity index (χ0n) is 14.3. The zero-order valence-corrected chi connectivity index (χ0v) is 16.7.